The number of hydrogen-bond acceptors (Lipinski definition) is 2. The van der Waals surface area contributed by atoms with E-state index in [1.165, 1.54) is 17.2 Å². The first-order valence-electron chi connectivity index (χ1n) is 7.47. The Morgan fingerprint density at radius 1 is 1.10 bits per heavy atom. The van der Waals surface area contributed by atoms with Crippen molar-refractivity contribution >= 4 is 0 Å². The van der Waals surface area contributed by atoms with Crippen LogP contribution in [0.1, 0.15) is 30.0 Å². The number of fused-ring (bicyclic) bond motifs is 1. The molecule has 1 aliphatic rings. The Morgan fingerprint density at radius 2 is 1.95 bits per heavy atom. The molecule has 0 radical (unpaired) electrons. The zero-order valence-corrected chi connectivity index (χ0v) is 12.3. The van der Waals surface area contributed by atoms with Crippen LogP contribution in [0, 0.1) is 5.82 Å². The van der Waals surface area contributed by atoms with Gasteiger partial charge in [0.15, 0.2) is 0 Å². The molecule has 0 spiro atoms. The molecule has 0 atom stereocenters. The van der Waals surface area contributed by atoms with Crippen LogP contribution in [0.25, 0.3) is 11.1 Å². The summed E-state index contributed by atoms with van der Waals surface area (Å²) < 4.78 is 19.1. The molecule has 2 aromatic carbocycles. The third-order valence-corrected chi connectivity index (χ3v) is 3.85. The fourth-order valence-electron chi connectivity index (χ4n) is 2.71. The number of rotatable bonds is 5. The van der Waals surface area contributed by atoms with Crippen LogP contribution in [0.5, 0.6) is 0 Å². The van der Waals surface area contributed by atoms with Gasteiger partial charge >= 0.3 is 0 Å². The predicted octanol–water partition coefficient (Wildman–Crippen LogP) is 4.02. The van der Waals surface area contributed by atoms with Gasteiger partial charge in [0.25, 0.3) is 0 Å². The molecule has 1 aliphatic heterocycles. The minimum Gasteiger partial charge on any atom is -0.372 e. The molecule has 0 unspecified atom stereocenters. The van der Waals surface area contributed by atoms with Gasteiger partial charge in [0, 0.05) is 6.54 Å². The van der Waals surface area contributed by atoms with Crippen molar-refractivity contribution in [2.75, 3.05) is 6.54 Å². The molecule has 1 heterocycles. The monoisotopic (exact) mass is 285 g/mol. The summed E-state index contributed by atoms with van der Waals surface area (Å²) in [5.74, 6) is -0.194. The van der Waals surface area contributed by atoms with Crippen LogP contribution in [0.4, 0.5) is 4.39 Å². The molecule has 3 heteroatoms. The van der Waals surface area contributed by atoms with Crippen LogP contribution >= 0.6 is 0 Å². The normalized spacial score (nSPS) is 13.4. The Bertz CT molecular complexity index is 639. The predicted molar refractivity (Wildman–Crippen MR) is 82.3 cm³/mol. The van der Waals surface area contributed by atoms with Gasteiger partial charge in [0.2, 0.25) is 0 Å². The lowest BCUT2D eigenvalue weighted by atomic mass is 9.96. The number of ether oxygens (including phenoxy) is 1. The summed E-state index contributed by atoms with van der Waals surface area (Å²) in [6, 6.07) is 11.3. The first-order valence-corrected chi connectivity index (χ1v) is 7.47. The van der Waals surface area contributed by atoms with Crippen molar-refractivity contribution in [3.63, 3.8) is 0 Å². The van der Waals surface area contributed by atoms with Gasteiger partial charge in [-0.05, 0) is 59.0 Å². The van der Waals surface area contributed by atoms with E-state index in [-0.39, 0.29) is 5.82 Å². The molecule has 3 rings (SSSR count). The van der Waals surface area contributed by atoms with Crippen molar-refractivity contribution in [3.05, 3.63) is 58.9 Å². The molecule has 1 N–H and O–H groups in total. The quantitative estimate of drug-likeness (QED) is 0.838. The lowest BCUT2D eigenvalue weighted by Crippen LogP contribution is -2.14. The zero-order chi connectivity index (χ0) is 14.7. The van der Waals surface area contributed by atoms with E-state index in [0.717, 1.165) is 36.2 Å². The maximum Gasteiger partial charge on any atom is 0.123 e. The molecule has 2 nitrogen and oxygen atoms in total. The van der Waals surface area contributed by atoms with Crippen molar-refractivity contribution in [3.8, 4) is 11.1 Å². The van der Waals surface area contributed by atoms with Crippen LogP contribution in [-0.4, -0.2) is 6.54 Å². The average Bonchev–Trinajstić information content (AvgIpc) is 2.96. The van der Waals surface area contributed by atoms with E-state index in [4.69, 9.17) is 4.74 Å². The van der Waals surface area contributed by atoms with Gasteiger partial charge in [0.05, 0.1) is 13.2 Å². The van der Waals surface area contributed by atoms with Crippen LogP contribution < -0.4 is 5.32 Å². The summed E-state index contributed by atoms with van der Waals surface area (Å²) in [4.78, 5) is 0. The molecule has 110 valence electrons. The van der Waals surface area contributed by atoms with Gasteiger partial charge in [-0.15, -0.1) is 0 Å². The second kappa shape index (κ2) is 6.37. The smallest absolute Gasteiger partial charge is 0.123 e. The molecule has 2 aromatic rings. The fourth-order valence-corrected chi connectivity index (χ4v) is 2.71. The van der Waals surface area contributed by atoms with E-state index < -0.39 is 0 Å². The number of nitrogens with one attached hydrogen (secondary N) is 1. The van der Waals surface area contributed by atoms with Gasteiger partial charge in [-0.3, -0.25) is 0 Å². The average molecular weight is 285 g/mol. The minimum absolute atomic E-state index is 0.194. The van der Waals surface area contributed by atoms with E-state index in [1.807, 2.05) is 6.07 Å². The lowest BCUT2D eigenvalue weighted by Gasteiger charge is -2.12. The van der Waals surface area contributed by atoms with Gasteiger partial charge in [-0.25, -0.2) is 4.39 Å². The SMILES string of the molecule is CCCNCc1ccc(F)cc1-c1ccc2c(c1)COC2. The van der Waals surface area contributed by atoms with E-state index in [9.17, 15) is 4.39 Å². The molecule has 0 amide bonds. The van der Waals surface area contributed by atoms with Crippen molar-refractivity contribution in [2.45, 2.75) is 33.1 Å². The summed E-state index contributed by atoms with van der Waals surface area (Å²) in [6.45, 7) is 5.20. The van der Waals surface area contributed by atoms with Crippen molar-refractivity contribution in [2.24, 2.45) is 0 Å². The van der Waals surface area contributed by atoms with Gasteiger partial charge in [-0.1, -0.05) is 25.1 Å². The Labute approximate surface area is 125 Å². The second-order valence-electron chi connectivity index (χ2n) is 5.45. The standard InChI is InChI=1S/C18H20FNO/c1-2-7-20-10-14-5-6-17(19)9-18(14)13-3-4-15-11-21-12-16(15)8-13/h3-6,8-9,20H,2,7,10-12H2,1H3. The number of halogens is 1. The van der Waals surface area contributed by atoms with E-state index in [0.29, 0.717) is 13.2 Å². The molecule has 0 aromatic heterocycles. The highest BCUT2D eigenvalue weighted by molar-refractivity contribution is 5.69. The largest absolute Gasteiger partial charge is 0.372 e. The maximum atomic E-state index is 13.7. The third-order valence-electron chi connectivity index (χ3n) is 3.85. The number of benzene rings is 2. The highest BCUT2D eigenvalue weighted by atomic mass is 19.1. The topological polar surface area (TPSA) is 21.3 Å². The molecular formula is C18H20FNO. The van der Waals surface area contributed by atoms with Crippen LogP contribution in [0.3, 0.4) is 0 Å². The first-order chi connectivity index (χ1) is 10.3. The van der Waals surface area contributed by atoms with Crippen molar-refractivity contribution < 1.29 is 9.13 Å². The Hall–Kier alpha value is -1.71. The summed E-state index contributed by atoms with van der Waals surface area (Å²) >= 11 is 0. The van der Waals surface area contributed by atoms with E-state index in [2.05, 4.69) is 30.4 Å². The van der Waals surface area contributed by atoms with Crippen LogP contribution in [0.15, 0.2) is 36.4 Å². The van der Waals surface area contributed by atoms with E-state index in [1.54, 1.807) is 6.07 Å². The molecule has 21 heavy (non-hydrogen) atoms. The summed E-state index contributed by atoms with van der Waals surface area (Å²) in [5.41, 5.74) is 5.61. The van der Waals surface area contributed by atoms with Crippen molar-refractivity contribution in [1.29, 1.82) is 0 Å². The lowest BCUT2D eigenvalue weighted by molar-refractivity contribution is 0.134. The Kier molecular flexibility index (Phi) is 4.32. The fraction of sp³-hybridized carbons (Fsp3) is 0.333. The molecule has 0 saturated carbocycles. The first kappa shape index (κ1) is 14.2. The summed E-state index contributed by atoms with van der Waals surface area (Å²) in [7, 11) is 0. The van der Waals surface area contributed by atoms with Gasteiger partial charge in [0.1, 0.15) is 5.82 Å². The highest BCUT2D eigenvalue weighted by Gasteiger charge is 2.13. The van der Waals surface area contributed by atoms with Crippen LogP contribution in [-0.2, 0) is 24.5 Å². The van der Waals surface area contributed by atoms with Gasteiger partial charge < -0.3 is 10.1 Å². The summed E-state index contributed by atoms with van der Waals surface area (Å²) in [5, 5.41) is 3.39. The van der Waals surface area contributed by atoms with Gasteiger partial charge in [-0.2, -0.15) is 0 Å². The highest BCUT2D eigenvalue weighted by Crippen LogP contribution is 2.29. The molecular weight excluding hydrogens is 265 g/mol. The Morgan fingerprint density at radius 3 is 2.81 bits per heavy atom. The van der Waals surface area contributed by atoms with E-state index >= 15 is 0 Å². The molecule has 0 fully saturated rings. The molecule has 0 saturated heterocycles. The molecule has 0 bridgehead atoms. The summed E-state index contributed by atoms with van der Waals surface area (Å²) in [6.07, 6.45) is 1.09. The van der Waals surface area contributed by atoms with Crippen molar-refractivity contribution in [1.82, 2.24) is 5.32 Å². The maximum absolute atomic E-state index is 13.7. The molecule has 0 aliphatic carbocycles. The third kappa shape index (κ3) is 3.14. The minimum atomic E-state index is -0.194. The Balaban J connectivity index is 1.94. The zero-order valence-electron chi connectivity index (χ0n) is 12.3. The second-order valence-corrected chi connectivity index (χ2v) is 5.45. The number of hydrogen-bond donors (Lipinski definition) is 1. The van der Waals surface area contributed by atoms with Crippen LogP contribution in [0.2, 0.25) is 0 Å².